The van der Waals surface area contributed by atoms with Crippen LogP contribution in [0.25, 0.3) is 21.9 Å². The maximum absolute atomic E-state index is 13.4. The van der Waals surface area contributed by atoms with Crippen LogP contribution >= 0.6 is 0 Å². The quantitative estimate of drug-likeness (QED) is 0.328. The number of para-hydroxylation sites is 1. The predicted molar refractivity (Wildman–Crippen MR) is 109 cm³/mol. The fourth-order valence-corrected chi connectivity index (χ4v) is 3.69. The molecule has 2 heterocycles. The van der Waals surface area contributed by atoms with Gasteiger partial charge in [-0.3, -0.25) is 4.79 Å². The minimum Gasteiger partial charge on any atom is -0.504 e. The third-order valence-corrected chi connectivity index (χ3v) is 5.35. The average molecular weight is 450 g/mol. The summed E-state index contributed by atoms with van der Waals surface area (Å²) in [6.45, 7) is -0.661. The van der Waals surface area contributed by atoms with Crippen molar-refractivity contribution in [2.24, 2.45) is 0 Å². The SMILES string of the molecule is COc1cccc2c(=O)c3c(O[C@H]4O[C@H](CO)[C@@H](O)[C@H](O)[C@H]4O)cc(O)c(OC)c3oc12. The number of hydrogen-bond donors (Lipinski definition) is 5. The van der Waals surface area contributed by atoms with Crippen LogP contribution in [0.5, 0.6) is 23.0 Å². The van der Waals surface area contributed by atoms with Crippen LogP contribution in [0.2, 0.25) is 0 Å². The first-order chi connectivity index (χ1) is 15.3. The van der Waals surface area contributed by atoms with Crippen LogP contribution in [0, 0.1) is 0 Å². The second kappa shape index (κ2) is 8.45. The number of aromatic hydroxyl groups is 1. The van der Waals surface area contributed by atoms with Crippen molar-refractivity contribution in [1.29, 1.82) is 0 Å². The summed E-state index contributed by atoms with van der Waals surface area (Å²) in [5, 5.41) is 50.1. The molecule has 32 heavy (non-hydrogen) atoms. The van der Waals surface area contributed by atoms with Crippen LogP contribution < -0.4 is 19.6 Å². The molecule has 0 spiro atoms. The van der Waals surface area contributed by atoms with Crippen LogP contribution in [-0.2, 0) is 4.74 Å². The monoisotopic (exact) mass is 450 g/mol. The summed E-state index contributed by atoms with van der Waals surface area (Å²) in [6, 6.07) is 5.78. The topological polar surface area (TPSA) is 168 Å². The van der Waals surface area contributed by atoms with E-state index in [-0.39, 0.29) is 39.2 Å². The van der Waals surface area contributed by atoms with Gasteiger partial charge in [-0.15, -0.1) is 0 Å². The molecule has 0 amide bonds. The Morgan fingerprint density at radius 2 is 1.75 bits per heavy atom. The van der Waals surface area contributed by atoms with Gasteiger partial charge in [0.25, 0.3) is 0 Å². The van der Waals surface area contributed by atoms with E-state index in [9.17, 15) is 30.3 Å². The lowest BCUT2D eigenvalue weighted by atomic mass is 9.99. The van der Waals surface area contributed by atoms with Crippen LogP contribution in [0.3, 0.4) is 0 Å². The van der Waals surface area contributed by atoms with Gasteiger partial charge < -0.3 is 48.9 Å². The van der Waals surface area contributed by atoms with Crippen LogP contribution in [0.15, 0.2) is 33.5 Å². The number of aliphatic hydroxyl groups is 4. The fraction of sp³-hybridized carbons (Fsp3) is 0.381. The lowest BCUT2D eigenvalue weighted by Gasteiger charge is -2.39. The van der Waals surface area contributed by atoms with Crippen LogP contribution in [0.4, 0.5) is 0 Å². The van der Waals surface area contributed by atoms with E-state index in [1.54, 1.807) is 12.1 Å². The first-order valence-electron chi connectivity index (χ1n) is 9.63. The maximum Gasteiger partial charge on any atom is 0.229 e. The van der Waals surface area contributed by atoms with E-state index in [2.05, 4.69) is 0 Å². The number of rotatable bonds is 5. The van der Waals surface area contributed by atoms with Gasteiger partial charge in [0.15, 0.2) is 22.7 Å². The zero-order valence-corrected chi connectivity index (χ0v) is 17.1. The maximum atomic E-state index is 13.4. The van der Waals surface area contributed by atoms with Gasteiger partial charge in [0.05, 0.1) is 26.2 Å². The zero-order chi connectivity index (χ0) is 23.2. The molecule has 172 valence electrons. The number of fused-ring (bicyclic) bond motifs is 2. The first kappa shape index (κ1) is 22.1. The third-order valence-electron chi connectivity index (χ3n) is 5.35. The van der Waals surface area contributed by atoms with E-state index in [4.69, 9.17) is 23.4 Å². The van der Waals surface area contributed by atoms with E-state index in [1.807, 2.05) is 0 Å². The van der Waals surface area contributed by atoms with Gasteiger partial charge in [0.1, 0.15) is 35.6 Å². The number of benzene rings is 2. The summed E-state index contributed by atoms with van der Waals surface area (Å²) in [6.07, 6.45) is -7.80. The fourth-order valence-electron chi connectivity index (χ4n) is 3.69. The highest BCUT2D eigenvalue weighted by Gasteiger charge is 2.45. The zero-order valence-electron chi connectivity index (χ0n) is 17.1. The highest BCUT2D eigenvalue weighted by atomic mass is 16.7. The molecule has 0 aliphatic carbocycles. The molecule has 1 saturated heterocycles. The molecule has 11 nitrogen and oxygen atoms in total. The molecule has 5 atom stereocenters. The number of phenolic OH excluding ortho intramolecular Hbond substituents is 1. The molecule has 11 heteroatoms. The summed E-state index contributed by atoms with van der Waals surface area (Å²) < 4.78 is 27.3. The molecule has 1 aliphatic heterocycles. The second-order valence-corrected chi connectivity index (χ2v) is 7.21. The second-order valence-electron chi connectivity index (χ2n) is 7.21. The summed E-state index contributed by atoms with van der Waals surface area (Å²) >= 11 is 0. The molecule has 1 aromatic heterocycles. The first-order valence-corrected chi connectivity index (χ1v) is 9.63. The highest BCUT2D eigenvalue weighted by Crippen LogP contribution is 2.42. The van der Waals surface area contributed by atoms with Gasteiger partial charge in [-0.25, -0.2) is 0 Å². The number of ether oxygens (including phenoxy) is 4. The van der Waals surface area contributed by atoms with Crippen molar-refractivity contribution >= 4 is 21.9 Å². The number of hydrogen-bond acceptors (Lipinski definition) is 11. The van der Waals surface area contributed by atoms with E-state index in [1.165, 1.54) is 20.3 Å². The Kier molecular flexibility index (Phi) is 5.84. The Balaban J connectivity index is 1.92. The third kappa shape index (κ3) is 3.40. The lowest BCUT2D eigenvalue weighted by Crippen LogP contribution is -2.60. The Hall–Kier alpha value is -3.09. The summed E-state index contributed by atoms with van der Waals surface area (Å²) in [4.78, 5) is 13.4. The molecule has 0 saturated carbocycles. The van der Waals surface area contributed by atoms with E-state index >= 15 is 0 Å². The molecule has 0 radical (unpaired) electrons. The van der Waals surface area contributed by atoms with E-state index in [0.29, 0.717) is 0 Å². The molecule has 3 aromatic rings. The lowest BCUT2D eigenvalue weighted by molar-refractivity contribution is -0.277. The minimum absolute atomic E-state index is 0.121. The predicted octanol–water partition coefficient (Wildman–Crippen LogP) is -0.152. The smallest absolute Gasteiger partial charge is 0.229 e. The van der Waals surface area contributed by atoms with Crippen LogP contribution in [-0.4, -0.2) is 77.1 Å². The molecule has 4 rings (SSSR count). The number of phenols is 1. The standard InChI is InChI=1S/C21H22O11/c1-28-10-5-3-4-8-14(24)13-11(6-9(23)19(29-2)20(13)32-18(8)10)30-21-17(27)16(26)15(25)12(7-22)31-21/h3-6,12,15-17,21-23,25-27H,7H2,1-2H3/t12-,15-,16+,17-,21+/m1/s1. The number of aliphatic hydroxyl groups excluding tert-OH is 4. The van der Waals surface area contributed by atoms with Crippen molar-refractivity contribution in [3.05, 3.63) is 34.5 Å². The van der Waals surface area contributed by atoms with E-state index < -0.39 is 48.5 Å². The van der Waals surface area contributed by atoms with Gasteiger partial charge in [0.2, 0.25) is 17.5 Å². The van der Waals surface area contributed by atoms with Gasteiger partial charge in [-0.2, -0.15) is 0 Å². The molecule has 1 fully saturated rings. The Bertz CT molecular complexity index is 1200. The summed E-state index contributed by atoms with van der Waals surface area (Å²) in [5.74, 6) is -0.521. The molecule has 0 unspecified atom stereocenters. The number of methoxy groups -OCH3 is 2. The summed E-state index contributed by atoms with van der Waals surface area (Å²) in [7, 11) is 2.69. The Morgan fingerprint density at radius 3 is 2.41 bits per heavy atom. The minimum atomic E-state index is -1.72. The van der Waals surface area contributed by atoms with Crippen molar-refractivity contribution in [2.75, 3.05) is 20.8 Å². The Labute approximate surface area is 180 Å². The van der Waals surface area contributed by atoms with E-state index in [0.717, 1.165) is 6.07 Å². The molecule has 0 bridgehead atoms. The molecule has 2 aromatic carbocycles. The molecule has 5 N–H and O–H groups in total. The van der Waals surface area contributed by atoms with Gasteiger partial charge in [-0.1, -0.05) is 6.07 Å². The normalized spacial score (nSPS) is 25.8. The van der Waals surface area contributed by atoms with Crippen molar-refractivity contribution in [2.45, 2.75) is 30.7 Å². The average Bonchev–Trinajstić information content (AvgIpc) is 2.79. The van der Waals surface area contributed by atoms with Crippen molar-refractivity contribution in [3.63, 3.8) is 0 Å². The van der Waals surface area contributed by atoms with Gasteiger partial charge >= 0.3 is 0 Å². The van der Waals surface area contributed by atoms with Crippen LogP contribution in [0.1, 0.15) is 0 Å². The highest BCUT2D eigenvalue weighted by molar-refractivity contribution is 5.98. The van der Waals surface area contributed by atoms with Crippen molar-refractivity contribution in [1.82, 2.24) is 0 Å². The Morgan fingerprint density at radius 1 is 1.00 bits per heavy atom. The molecular weight excluding hydrogens is 428 g/mol. The summed E-state index contributed by atoms with van der Waals surface area (Å²) in [5.41, 5.74) is -0.567. The van der Waals surface area contributed by atoms with Crippen molar-refractivity contribution in [3.8, 4) is 23.0 Å². The largest absolute Gasteiger partial charge is 0.504 e. The van der Waals surface area contributed by atoms with Gasteiger partial charge in [-0.05, 0) is 12.1 Å². The van der Waals surface area contributed by atoms with Crippen molar-refractivity contribution < 1.29 is 48.9 Å². The van der Waals surface area contributed by atoms with Gasteiger partial charge in [0, 0.05) is 6.07 Å². The molecule has 1 aliphatic rings. The molecular formula is C21H22O11.